The van der Waals surface area contributed by atoms with Gasteiger partial charge < -0.3 is 15.7 Å². The number of likely N-dealkylation sites (N-methyl/N-ethyl adjacent to an activating group) is 1. The van der Waals surface area contributed by atoms with Gasteiger partial charge in [-0.25, -0.2) is 9.78 Å². The monoisotopic (exact) mass is 229 g/mol. The zero-order valence-corrected chi connectivity index (χ0v) is 8.93. The van der Waals surface area contributed by atoms with Crippen LogP contribution in [0.1, 0.15) is 15.5 Å². The van der Waals surface area contributed by atoms with Crippen LogP contribution in [0.4, 0.5) is 0 Å². The first-order valence-electron chi connectivity index (χ1n) is 4.22. The van der Waals surface area contributed by atoms with Crippen molar-refractivity contribution in [3.63, 3.8) is 0 Å². The minimum atomic E-state index is -1.03. The molecule has 0 unspecified atom stereocenters. The van der Waals surface area contributed by atoms with E-state index >= 15 is 0 Å². The van der Waals surface area contributed by atoms with Crippen LogP contribution in [0.2, 0.25) is 0 Å². The third kappa shape index (κ3) is 3.64. The van der Waals surface area contributed by atoms with Crippen LogP contribution in [0.3, 0.4) is 0 Å². The van der Waals surface area contributed by atoms with Gasteiger partial charge >= 0.3 is 5.97 Å². The summed E-state index contributed by atoms with van der Waals surface area (Å²) in [5.41, 5.74) is 0.626. The highest BCUT2D eigenvalue weighted by molar-refractivity contribution is 7.11. The first kappa shape index (κ1) is 11.6. The molecule has 1 rings (SSSR count). The van der Waals surface area contributed by atoms with Gasteiger partial charge in [-0.05, 0) is 0 Å². The molecule has 1 aromatic rings. The van der Waals surface area contributed by atoms with Gasteiger partial charge in [-0.2, -0.15) is 0 Å². The Hall–Kier alpha value is -1.47. The second-order valence-electron chi connectivity index (χ2n) is 2.73. The first-order valence-corrected chi connectivity index (χ1v) is 5.10. The molecule has 6 nitrogen and oxygen atoms in total. The molecule has 0 spiro atoms. The largest absolute Gasteiger partial charge is 0.476 e. The summed E-state index contributed by atoms with van der Waals surface area (Å²) in [5, 5.41) is 15.6. The van der Waals surface area contributed by atoms with Crippen LogP contribution in [0.5, 0.6) is 0 Å². The number of amides is 1. The topological polar surface area (TPSA) is 91.3 Å². The van der Waals surface area contributed by atoms with Crippen LogP contribution in [0, 0.1) is 0 Å². The number of aromatic carboxylic acids is 1. The average molecular weight is 229 g/mol. The van der Waals surface area contributed by atoms with E-state index in [9.17, 15) is 9.59 Å². The fourth-order valence-electron chi connectivity index (χ4n) is 0.879. The summed E-state index contributed by atoms with van der Waals surface area (Å²) in [7, 11) is 1.55. The molecule has 1 heterocycles. The molecule has 0 radical (unpaired) electrons. The Kier molecular flexibility index (Phi) is 4.19. The van der Waals surface area contributed by atoms with Crippen LogP contribution < -0.4 is 10.6 Å². The molecule has 0 saturated heterocycles. The van der Waals surface area contributed by atoms with Crippen molar-refractivity contribution in [1.29, 1.82) is 0 Å². The normalized spacial score (nSPS) is 9.93. The molecule has 7 heteroatoms. The molecule has 0 bridgehead atoms. The van der Waals surface area contributed by atoms with E-state index in [0.29, 0.717) is 12.2 Å². The van der Waals surface area contributed by atoms with Gasteiger partial charge in [-0.1, -0.05) is 0 Å². The third-order valence-electron chi connectivity index (χ3n) is 1.61. The number of nitrogens with zero attached hydrogens (tertiary/aromatic N) is 1. The van der Waals surface area contributed by atoms with Gasteiger partial charge in [0.15, 0.2) is 0 Å². The fourth-order valence-corrected chi connectivity index (χ4v) is 1.53. The molecule has 1 aromatic heterocycles. The highest BCUT2D eigenvalue weighted by Crippen LogP contribution is 2.08. The molecule has 0 fully saturated rings. The van der Waals surface area contributed by atoms with E-state index in [2.05, 4.69) is 15.6 Å². The lowest BCUT2D eigenvalue weighted by Crippen LogP contribution is -2.31. The number of hydrogen-bond donors (Lipinski definition) is 3. The van der Waals surface area contributed by atoms with Gasteiger partial charge in [0, 0.05) is 19.0 Å². The Labute approximate surface area is 90.3 Å². The van der Waals surface area contributed by atoms with Gasteiger partial charge in [0.25, 0.3) is 0 Å². The number of nitrogens with one attached hydrogen (secondary N) is 2. The van der Waals surface area contributed by atoms with Gasteiger partial charge in [0.05, 0.1) is 12.2 Å². The molecule has 0 aliphatic rings. The van der Waals surface area contributed by atoms with Crippen LogP contribution in [0.15, 0.2) is 5.38 Å². The summed E-state index contributed by atoms with van der Waals surface area (Å²) in [6.07, 6.45) is 0. The highest BCUT2D eigenvalue weighted by atomic mass is 32.1. The Morgan fingerprint density at radius 3 is 2.87 bits per heavy atom. The van der Waals surface area contributed by atoms with Crippen LogP contribution in [0.25, 0.3) is 0 Å². The van der Waals surface area contributed by atoms with Crippen LogP contribution in [-0.2, 0) is 11.3 Å². The molecule has 15 heavy (non-hydrogen) atoms. The summed E-state index contributed by atoms with van der Waals surface area (Å²) in [4.78, 5) is 25.2. The van der Waals surface area contributed by atoms with Crippen molar-refractivity contribution in [2.45, 2.75) is 6.54 Å². The maximum Gasteiger partial charge on any atom is 0.365 e. The Bertz CT molecular complexity index is 364. The lowest BCUT2D eigenvalue weighted by atomic mass is 10.4. The molecular weight excluding hydrogens is 218 g/mol. The van der Waals surface area contributed by atoms with Gasteiger partial charge in [0.1, 0.15) is 0 Å². The predicted molar refractivity (Wildman–Crippen MR) is 54.8 cm³/mol. The standard InChI is InChI=1S/C8H11N3O3S/c1-9-6(12)3-10-2-5-4-15-7(11-5)8(13)14/h4,10H,2-3H2,1H3,(H,9,12)(H,13,14). The number of thiazole rings is 1. The third-order valence-corrected chi connectivity index (χ3v) is 2.48. The predicted octanol–water partition coefficient (Wildman–Crippen LogP) is -0.323. The minimum absolute atomic E-state index is 0.0618. The summed E-state index contributed by atoms with van der Waals surface area (Å²) < 4.78 is 0. The van der Waals surface area contributed by atoms with Crippen molar-refractivity contribution in [1.82, 2.24) is 15.6 Å². The minimum Gasteiger partial charge on any atom is -0.476 e. The average Bonchev–Trinajstić information content (AvgIpc) is 2.66. The number of carbonyl (C=O) groups is 2. The number of carbonyl (C=O) groups excluding carboxylic acids is 1. The van der Waals surface area contributed by atoms with E-state index in [4.69, 9.17) is 5.11 Å². The summed E-state index contributed by atoms with van der Waals surface area (Å²) in [6.45, 7) is 0.577. The van der Waals surface area contributed by atoms with Gasteiger partial charge in [0.2, 0.25) is 10.9 Å². The molecule has 0 aliphatic carbocycles. The number of hydrogen-bond acceptors (Lipinski definition) is 5. The van der Waals surface area contributed by atoms with E-state index in [1.54, 1.807) is 12.4 Å². The molecule has 0 aromatic carbocycles. The van der Waals surface area contributed by atoms with Crippen molar-refractivity contribution in [3.05, 3.63) is 16.1 Å². The smallest absolute Gasteiger partial charge is 0.365 e. The second kappa shape index (κ2) is 5.42. The van der Waals surface area contributed by atoms with Gasteiger partial charge in [-0.3, -0.25) is 4.79 Å². The number of carboxylic acids is 1. The molecule has 3 N–H and O–H groups in total. The van der Waals surface area contributed by atoms with E-state index in [1.807, 2.05) is 0 Å². The van der Waals surface area contributed by atoms with E-state index in [-0.39, 0.29) is 17.5 Å². The molecule has 0 aliphatic heterocycles. The highest BCUT2D eigenvalue weighted by Gasteiger charge is 2.08. The molecule has 82 valence electrons. The maximum atomic E-state index is 10.8. The summed E-state index contributed by atoms with van der Waals surface area (Å²) >= 11 is 1.07. The first-order chi connectivity index (χ1) is 7.13. The van der Waals surface area contributed by atoms with Crippen molar-refractivity contribution >= 4 is 23.2 Å². The van der Waals surface area contributed by atoms with Crippen LogP contribution in [-0.4, -0.2) is 35.6 Å². The van der Waals surface area contributed by atoms with Crippen molar-refractivity contribution in [3.8, 4) is 0 Å². The number of rotatable bonds is 5. The fraction of sp³-hybridized carbons (Fsp3) is 0.375. The van der Waals surface area contributed by atoms with E-state index in [0.717, 1.165) is 11.3 Å². The SMILES string of the molecule is CNC(=O)CNCc1csc(C(=O)O)n1. The summed E-state index contributed by atoms with van der Waals surface area (Å²) in [6, 6.07) is 0. The zero-order chi connectivity index (χ0) is 11.3. The maximum absolute atomic E-state index is 10.8. The quantitative estimate of drug-likeness (QED) is 0.643. The van der Waals surface area contributed by atoms with Crippen molar-refractivity contribution in [2.24, 2.45) is 0 Å². The molecule has 0 saturated carbocycles. The Balaban J connectivity index is 2.38. The molecular formula is C8H11N3O3S. The van der Waals surface area contributed by atoms with E-state index in [1.165, 1.54) is 0 Å². The zero-order valence-electron chi connectivity index (χ0n) is 8.11. The van der Waals surface area contributed by atoms with Crippen molar-refractivity contribution in [2.75, 3.05) is 13.6 Å². The molecule has 0 atom stereocenters. The Morgan fingerprint density at radius 1 is 1.60 bits per heavy atom. The Morgan fingerprint density at radius 2 is 2.33 bits per heavy atom. The van der Waals surface area contributed by atoms with Gasteiger partial charge in [-0.15, -0.1) is 11.3 Å². The summed E-state index contributed by atoms with van der Waals surface area (Å²) in [5.74, 6) is -1.15. The van der Waals surface area contributed by atoms with E-state index < -0.39 is 5.97 Å². The van der Waals surface area contributed by atoms with Crippen LogP contribution >= 0.6 is 11.3 Å². The second-order valence-corrected chi connectivity index (χ2v) is 3.58. The lowest BCUT2D eigenvalue weighted by molar-refractivity contribution is -0.119. The lowest BCUT2D eigenvalue weighted by Gasteiger charge is -2.00. The number of carboxylic acid groups (broad SMARTS) is 1. The molecule has 1 amide bonds. The van der Waals surface area contributed by atoms with Crippen molar-refractivity contribution < 1.29 is 14.7 Å². The number of aromatic nitrogens is 1.